The van der Waals surface area contributed by atoms with E-state index in [1.165, 1.54) is 6.07 Å². The van der Waals surface area contributed by atoms with Crippen LogP contribution >= 0.6 is 11.6 Å². The van der Waals surface area contributed by atoms with Gasteiger partial charge in [-0.2, -0.15) is 5.10 Å². The van der Waals surface area contributed by atoms with Gasteiger partial charge in [-0.25, -0.2) is 4.79 Å². The molecule has 0 spiro atoms. The van der Waals surface area contributed by atoms with E-state index < -0.39 is 5.63 Å². The second-order valence-electron chi connectivity index (χ2n) is 7.18. The van der Waals surface area contributed by atoms with Crippen LogP contribution in [0.3, 0.4) is 0 Å². The van der Waals surface area contributed by atoms with Crippen molar-refractivity contribution >= 4 is 28.3 Å². The van der Waals surface area contributed by atoms with Crippen molar-refractivity contribution in [3.63, 3.8) is 0 Å². The van der Waals surface area contributed by atoms with Crippen molar-refractivity contribution < 1.29 is 9.52 Å². The van der Waals surface area contributed by atoms with E-state index >= 15 is 0 Å². The molecule has 0 amide bonds. The number of benzene rings is 3. The smallest absolute Gasteiger partial charge is 0.336 e. The van der Waals surface area contributed by atoms with Gasteiger partial charge in [0.1, 0.15) is 5.75 Å². The number of fused-ring (bicyclic) bond motifs is 1. The van der Waals surface area contributed by atoms with E-state index in [1.807, 2.05) is 54.6 Å². The van der Waals surface area contributed by atoms with Gasteiger partial charge < -0.3 is 14.9 Å². The van der Waals surface area contributed by atoms with Crippen molar-refractivity contribution in [2.45, 2.75) is 12.5 Å². The van der Waals surface area contributed by atoms with E-state index in [4.69, 9.17) is 16.0 Å². The number of hydrazone groups is 1. The molecule has 1 atom stereocenters. The van der Waals surface area contributed by atoms with Gasteiger partial charge in [0.05, 0.1) is 17.3 Å². The first-order valence-electron chi connectivity index (χ1n) is 9.53. The average Bonchev–Trinajstić information content (AvgIpc) is 3.23. The first-order chi connectivity index (χ1) is 14.6. The molecule has 5 rings (SSSR count). The van der Waals surface area contributed by atoms with Crippen molar-refractivity contribution in [1.29, 1.82) is 0 Å². The predicted molar refractivity (Wildman–Crippen MR) is 118 cm³/mol. The van der Waals surface area contributed by atoms with Crippen molar-refractivity contribution in [1.82, 2.24) is 5.43 Å². The Hall–Kier alpha value is -3.57. The van der Waals surface area contributed by atoms with Gasteiger partial charge in [-0.15, -0.1) is 0 Å². The molecule has 1 aliphatic rings. The van der Waals surface area contributed by atoms with E-state index in [1.54, 1.807) is 12.1 Å². The first kappa shape index (κ1) is 18.5. The molecule has 4 aromatic rings. The number of nitrogens with one attached hydrogen (secondary N) is 1. The number of aromatic hydroxyl groups is 1. The van der Waals surface area contributed by atoms with Crippen LogP contribution in [-0.2, 0) is 0 Å². The molecule has 1 aliphatic heterocycles. The quantitative estimate of drug-likeness (QED) is 0.447. The third kappa shape index (κ3) is 3.23. The Morgan fingerprint density at radius 2 is 1.80 bits per heavy atom. The number of rotatable bonds is 3. The molecule has 0 saturated heterocycles. The highest BCUT2D eigenvalue weighted by atomic mass is 35.5. The molecule has 2 N–H and O–H groups in total. The number of phenols is 1. The fourth-order valence-electron chi connectivity index (χ4n) is 3.84. The molecule has 148 valence electrons. The van der Waals surface area contributed by atoms with Crippen molar-refractivity contribution in [2.24, 2.45) is 5.10 Å². The van der Waals surface area contributed by atoms with Crippen molar-refractivity contribution in [3.8, 4) is 16.9 Å². The lowest BCUT2D eigenvalue weighted by atomic mass is 9.95. The molecule has 0 bridgehead atoms. The Balaban J connectivity index is 1.62. The third-order valence-electron chi connectivity index (χ3n) is 5.29. The number of phenolic OH excluding ortho intramolecular Hbond substituents is 1. The highest BCUT2D eigenvalue weighted by molar-refractivity contribution is 6.30. The maximum atomic E-state index is 12.4. The summed E-state index contributed by atoms with van der Waals surface area (Å²) in [6.07, 6.45) is 0.535. The average molecular weight is 417 g/mol. The number of nitrogens with zero attached hydrogens (tertiary/aromatic N) is 1. The summed E-state index contributed by atoms with van der Waals surface area (Å²) in [5.74, 6) is 0.0215. The minimum atomic E-state index is -0.478. The van der Waals surface area contributed by atoms with Crippen molar-refractivity contribution in [2.75, 3.05) is 0 Å². The van der Waals surface area contributed by atoms with Crippen LogP contribution < -0.4 is 11.1 Å². The van der Waals surface area contributed by atoms with E-state index in [9.17, 15) is 9.90 Å². The van der Waals surface area contributed by atoms with E-state index in [2.05, 4.69) is 10.5 Å². The Kier molecular flexibility index (Phi) is 4.52. The highest BCUT2D eigenvalue weighted by Gasteiger charge is 2.26. The number of hydrogen-bond donors (Lipinski definition) is 2. The molecule has 6 heteroatoms. The molecule has 30 heavy (non-hydrogen) atoms. The summed E-state index contributed by atoms with van der Waals surface area (Å²) >= 11 is 5.99. The molecular formula is C24H17ClN2O3. The molecule has 0 fully saturated rings. The van der Waals surface area contributed by atoms with Crippen LogP contribution in [0.15, 0.2) is 87.1 Å². The molecule has 5 nitrogen and oxygen atoms in total. The van der Waals surface area contributed by atoms with Gasteiger partial charge in [0.15, 0.2) is 5.58 Å². The monoisotopic (exact) mass is 416 g/mol. The fraction of sp³-hybridized carbons (Fsp3) is 0.0833. The number of hydrogen-bond acceptors (Lipinski definition) is 5. The van der Waals surface area contributed by atoms with E-state index in [-0.39, 0.29) is 11.8 Å². The summed E-state index contributed by atoms with van der Waals surface area (Å²) in [6.45, 7) is 0. The van der Waals surface area contributed by atoms with Gasteiger partial charge in [0, 0.05) is 22.9 Å². The molecule has 1 aromatic heterocycles. The summed E-state index contributed by atoms with van der Waals surface area (Å²) in [6, 6.07) is 22.0. The summed E-state index contributed by atoms with van der Waals surface area (Å²) in [5.41, 5.74) is 6.72. The zero-order chi connectivity index (χ0) is 20.7. The van der Waals surface area contributed by atoms with Crippen LogP contribution in [0.1, 0.15) is 23.6 Å². The van der Waals surface area contributed by atoms with Crippen LogP contribution in [0.5, 0.6) is 5.75 Å². The maximum Gasteiger partial charge on any atom is 0.336 e. The SMILES string of the molecule is O=c1cc(-c2ccccc2)c2ccc(O)c(C3=NNC(c4ccc(Cl)cc4)C3)c2o1. The van der Waals surface area contributed by atoms with Gasteiger partial charge >= 0.3 is 5.63 Å². The summed E-state index contributed by atoms with van der Waals surface area (Å²) in [4.78, 5) is 12.4. The van der Waals surface area contributed by atoms with Gasteiger partial charge in [-0.05, 0) is 41.0 Å². The second kappa shape index (κ2) is 7.35. The van der Waals surface area contributed by atoms with Crippen LogP contribution in [0, 0.1) is 0 Å². The molecular weight excluding hydrogens is 400 g/mol. The van der Waals surface area contributed by atoms with Crippen LogP contribution in [-0.4, -0.2) is 10.8 Å². The lowest BCUT2D eigenvalue weighted by Gasteiger charge is -2.12. The Morgan fingerprint density at radius 1 is 1.03 bits per heavy atom. The summed E-state index contributed by atoms with van der Waals surface area (Å²) in [5, 5.41) is 16.5. The lowest BCUT2D eigenvalue weighted by molar-refractivity contribution is 0.471. The topological polar surface area (TPSA) is 74.8 Å². The Morgan fingerprint density at radius 3 is 2.57 bits per heavy atom. The third-order valence-corrected chi connectivity index (χ3v) is 5.54. The largest absolute Gasteiger partial charge is 0.507 e. The molecule has 0 aliphatic carbocycles. The maximum absolute atomic E-state index is 12.4. The van der Waals surface area contributed by atoms with Crippen LogP contribution in [0.25, 0.3) is 22.1 Å². The predicted octanol–water partition coefficient (Wildman–Crippen LogP) is 5.26. The lowest BCUT2D eigenvalue weighted by Crippen LogP contribution is -2.10. The normalized spacial score (nSPS) is 15.8. The summed E-state index contributed by atoms with van der Waals surface area (Å²) < 4.78 is 5.56. The minimum absolute atomic E-state index is 0.0215. The highest BCUT2D eigenvalue weighted by Crippen LogP contribution is 2.36. The van der Waals surface area contributed by atoms with Gasteiger partial charge in [0.2, 0.25) is 0 Å². The van der Waals surface area contributed by atoms with E-state index in [0.717, 1.165) is 22.1 Å². The molecule has 2 heterocycles. The standard InChI is InChI=1S/C24H17ClN2O3/c25-16-8-6-15(7-9-16)19-13-20(27-26-19)23-21(28)11-10-17-18(12-22(29)30-24(17)23)14-4-2-1-3-5-14/h1-12,19,26,28H,13H2. The number of halogens is 1. The van der Waals surface area contributed by atoms with Gasteiger partial charge in [-0.3, -0.25) is 0 Å². The zero-order valence-electron chi connectivity index (χ0n) is 15.8. The molecule has 3 aromatic carbocycles. The first-order valence-corrected chi connectivity index (χ1v) is 9.91. The second-order valence-corrected chi connectivity index (χ2v) is 7.61. The fourth-order valence-corrected chi connectivity index (χ4v) is 3.96. The van der Waals surface area contributed by atoms with Crippen molar-refractivity contribution in [3.05, 3.63) is 99.4 Å². The minimum Gasteiger partial charge on any atom is -0.507 e. The van der Waals surface area contributed by atoms with E-state index in [0.29, 0.717) is 28.3 Å². The van der Waals surface area contributed by atoms with Gasteiger partial charge in [0.25, 0.3) is 0 Å². The Labute approximate surface area is 177 Å². The molecule has 1 unspecified atom stereocenters. The molecule has 0 saturated carbocycles. The van der Waals surface area contributed by atoms with Gasteiger partial charge in [-0.1, -0.05) is 54.1 Å². The zero-order valence-corrected chi connectivity index (χ0v) is 16.6. The van der Waals surface area contributed by atoms with Crippen LogP contribution in [0.4, 0.5) is 0 Å². The van der Waals surface area contributed by atoms with Crippen LogP contribution in [0.2, 0.25) is 5.02 Å². The molecule has 0 radical (unpaired) electrons. The summed E-state index contributed by atoms with van der Waals surface area (Å²) in [7, 11) is 0. The Bertz CT molecular complexity index is 1330.